The Kier molecular flexibility index (Phi) is 8.06. The van der Waals surface area contributed by atoms with Crippen molar-refractivity contribution >= 4 is 21.6 Å². The van der Waals surface area contributed by atoms with Crippen LogP contribution in [0.4, 0.5) is 10.1 Å². The van der Waals surface area contributed by atoms with E-state index in [2.05, 4.69) is 28.2 Å². The molecule has 0 radical (unpaired) electrons. The van der Waals surface area contributed by atoms with E-state index in [0.717, 1.165) is 23.1 Å². The van der Waals surface area contributed by atoms with Crippen LogP contribution in [0.3, 0.4) is 0 Å². The number of halogens is 2. The van der Waals surface area contributed by atoms with Crippen LogP contribution >= 0.6 is 15.9 Å². The molecule has 102 valence electrons. The van der Waals surface area contributed by atoms with Crippen molar-refractivity contribution in [1.82, 2.24) is 0 Å². The van der Waals surface area contributed by atoms with E-state index in [9.17, 15) is 4.39 Å². The zero-order valence-electron chi connectivity index (χ0n) is 11.1. The van der Waals surface area contributed by atoms with Crippen LogP contribution in [-0.4, -0.2) is 6.54 Å². The number of rotatable bonds is 9. The van der Waals surface area contributed by atoms with E-state index in [-0.39, 0.29) is 5.82 Å². The van der Waals surface area contributed by atoms with Gasteiger partial charge in [0, 0.05) is 11.0 Å². The molecule has 0 fully saturated rings. The van der Waals surface area contributed by atoms with E-state index in [1.54, 1.807) is 6.07 Å². The van der Waals surface area contributed by atoms with Crippen LogP contribution in [0.25, 0.3) is 0 Å². The summed E-state index contributed by atoms with van der Waals surface area (Å²) in [5.41, 5.74) is 0.848. The van der Waals surface area contributed by atoms with Gasteiger partial charge in [-0.15, -0.1) is 0 Å². The molecule has 18 heavy (non-hydrogen) atoms. The summed E-state index contributed by atoms with van der Waals surface area (Å²) in [7, 11) is 0. The lowest BCUT2D eigenvalue weighted by molar-refractivity contribution is 0.596. The molecule has 0 unspecified atom stereocenters. The third kappa shape index (κ3) is 6.39. The van der Waals surface area contributed by atoms with Crippen molar-refractivity contribution in [2.45, 2.75) is 51.9 Å². The van der Waals surface area contributed by atoms with Crippen molar-refractivity contribution in [2.75, 3.05) is 11.9 Å². The van der Waals surface area contributed by atoms with Crippen LogP contribution in [0.5, 0.6) is 0 Å². The van der Waals surface area contributed by atoms with Crippen molar-refractivity contribution in [1.29, 1.82) is 0 Å². The number of benzene rings is 1. The maximum Gasteiger partial charge on any atom is 0.125 e. The molecule has 0 saturated heterocycles. The standard InChI is InChI=1S/C15H23BrFN/c1-2-3-4-5-6-7-8-11-18-15-12-13(17)9-10-14(15)16/h9-10,12,18H,2-8,11H2,1H3. The molecule has 1 nitrogen and oxygen atoms in total. The highest BCUT2D eigenvalue weighted by atomic mass is 79.9. The third-order valence-corrected chi connectivity index (χ3v) is 3.72. The van der Waals surface area contributed by atoms with Gasteiger partial charge in [0.1, 0.15) is 5.82 Å². The third-order valence-electron chi connectivity index (χ3n) is 3.02. The first-order valence-electron chi connectivity index (χ1n) is 6.93. The first-order chi connectivity index (χ1) is 8.74. The number of anilines is 1. The topological polar surface area (TPSA) is 12.0 Å². The number of hydrogen-bond acceptors (Lipinski definition) is 1. The van der Waals surface area contributed by atoms with Crippen LogP contribution in [0.2, 0.25) is 0 Å². The molecule has 0 atom stereocenters. The van der Waals surface area contributed by atoms with Gasteiger partial charge in [0.15, 0.2) is 0 Å². The second kappa shape index (κ2) is 9.37. The minimum Gasteiger partial charge on any atom is -0.384 e. The van der Waals surface area contributed by atoms with Gasteiger partial charge in [-0.1, -0.05) is 45.4 Å². The van der Waals surface area contributed by atoms with Crippen LogP contribution in [0, 0.1) is 5.82 Å². The summed E-state index contributed by atoms with van der Waals surface area (Å²) in [4.78, 5) is 0. The molecule has 3 heteroatoms. The molecule has 0 amide bonds. The molecule has 0 aliphatic carbocycles. The maximum absolute atomic E-state index is 13.0. The van der Waals surface area contributed by atoms with Crippen LogP contribution < -0.4 is 5.32 Å². The van der Waals surface area contributed by atoms with Gasteiger partial charge in [-0.2, -0.15) is 0 Å². The Bertz CT molecular complexity index is 341. The van der Waals surface area contributed by atoms with Gasteiger partial charge < -0.3 is 5.32 Å². The zero-order valence-corrected chi connectivity index (χ0v) is 12.7. The number of nitrogens with one attached hydrogen (secondary N) is 1. The van der Waals surface area contributed by atoms with Gasteiger partial charge >= 0.3 is 0 Å². The monoisotopic (exact) mass is 315 g/mol. The lowest BCUT2D eigenvalue weighted by Crippen LogP contribution is -2.02. The molecule has 1 aromatic carbocycles. The summed E-state index contributed by atoms with van der Waals surface area (Å²) in [6.45, 7) is 3.15. The zero-order chi connectivity index (χ0) is 13.2. The van der Waals surface area contributed by atoms with Crippen LogP contribution in [-0.2, 0) is 0 Å². The molecular weight excluding hydrogens is 293 g/mol. The predicted molar refractivity (Wildman–Crippen MR) is 80.6 cm³/mol. The highest BCUT2D eigenvalue weighted by molar-refractivity contribution is 9.10. The fourth-order valence-corrected chi connectivity index (χ4v) is 2.32. The summed E-state index contributed by atoms with van der Waals surface area (Å²) < 4.78 is 14.0. The Morgan fingerprint density at radius 2 is 1.72 bits per heavy atom. The first kappa shape index (κ1) is 15.5. The molecule has 0 bridgehead atoms. The molecule has 0 heterocycles. The van der Waals surface area contributed by atoms with Crippen molar-refractivity contribution in [3.05, 3.63) is 28.5 Å². The van der Waals surface area contributed by atoms with Crippen LogP contribution in [0.1, 0.15) is 51.9 Å². The van der Waals surface area contributed by atoms with E-state index in [4.69, 9.17) is 0 Å². The summed E-state index contributed by atoms with van der Waals surface area (Å²) in [6, 6.07) is 4.73. The largest absolute Gasteiger partial charge is 0.384 e. The molecule has 0 aliphatic heterocycles. The molecule has 0 aromatic heterocycles. The van der Waals surface area contributed by atoms with E-state index < -0.39 is 0 Å². The summed E-state index contributed by atoms with van der Waals surface area (Å²) >= 11 is 3.41. The van der Waals surface area contributed by atoms with Crippen LogP contribution in [0.15, 0.2) is 22.7 Å². The molecule has 1 aromatic rings. The van der Waals surface area contributed by atoms with E-state index in [0.29, 0.717) is 0 Å². The molecule has 0 saturated carbocycles. The van der Waals surface area contributed by atoms with Crippen molar-refractivity contribution in [3.8, 4) is 0 Å². The second-order valence-corrected chi connectivity index (χ2v) is 5.53. The van der Waals surface area contributed by atoms with Crippen molar-refractivity contribution in [3.63, 3.8) is 0 Å². The van der Waals surface area contributed by atoms with Gasteiger partial charge in [0.05, 0.1) is 5.69 Å². The summed E-state index contributed by atoms with van der Waals surface area (Å²) in [5, 5.41) is 3.27. The highest BCUT2D eigenvalue weighted by Crippen LogP contribution is 2.23. The first-order valence-corrected chi connectivity index (χ1v) is 7.72. The quantitative estimate of drug-likeness (QED) is 0.572. The molecule has 1 N–H and O–H groups in total. The Hall–Kier alpha value is -0.570. The van der Waals surface area contributed by atoms with Gasteiger partial charge in [-0.25, -0.2) is 4.39 Å². The van der Waals surface area contributed by atoms with Gasteiger partial charge in [-0.05, 0) is 40.5 Å². The highest BCUT2D eigenvalue weighted by Gasteiger charge is 2.00. The fourth-order valence-electron chi connectivity index (χ4n) is 1.94. The predicted octanol–water partition coefficient (Wildman–Crippen LogP) is 5.75. The average molecular weight is 316 g/mol. The molecule has 0 aliphatic rings. The summed E-state index contributed by atoms with van der Waals surface area (Å²) in [5.74, 6) is -0.194. The normalized spacial score (nSPS) is 10.6. The van der Waals surface area contributed by atoms with E-state index in [1.165, 1.54) is 50.7 Å². The average Bonchev–Trinajstić information content (AvgIpc) is 2.36. The Morgan fingerprint density at radius 1 is 1.06 bits per heavy atom. The van der Waals surface area contributed by atoms with E-state index in [1.807, 2.05) is 0 Å². The summed E-state index contributed by atoms with van der Waals surface area (Å²) in [6.07, 6.45) is 9.07. The Morgan fingerprint density at radius 3 is 2.44 bits per heavy atom. The Balaban J connectivity index is 2.09. The van der Waals surface area contributed by atoms with Crippen molar-refractivity contribution in [2.24, 2.45) is 0 Å². The van der Waals surface area contributed by atoms with Gasteiger partial charge in [0.25, 0.3) is 0 Å². The van der Waals surface area contributed by atoms with Gasteiger partial charge in [-0.3, -0.25) is 0 Å². The SMILES string of the molecule is CCCCCCCCCNc1cc(F)ccc1Br. The van der Waals surface area contributed by atoms with Gasteiger partial charge in [0.2, 0.25) is 0 Å². The molecule has 0 spiro atoms. The van der Waals surface area contributed by atoms with E-state index >= 15 is 0 Å². The van der Waals surface area contributed by atoms with Crippen molar-refractivity contribution < 1.29 is 4.39 Å². The smallest absolute Gasteiger partial charge is 0.125 e. The minimum absolute atomic E-state index is 0.194. The molecule has 1 rings (SSSR count). The fraction of sp³-hybridized carbons (Fsp3) is 0.600. The number of unbranched alkanes of at least 4 members (excludes halogenated alkanes) is 6. The number of hydrogen-bond donors (Lipinski definition) is 1. The lowest BCUT2D eigenvalue weighted by Gasteiger charge is -2.08. The molecular formula is C15H23BrFN. The lowest BCUT2D eigenvalue weighted by atomic mass is 10.1. The minimum atomic E-state index is -0.194. The maximum atomic E-state index is 13.0. The second-order valence-electron chi connectivity index (χ2n) is 4.67. The Labute approximate surface area is 118 Å².